The van der Waals surface area contributed by atoms with Gasteiger partial charge in [0.05, 0.1) is 25.6 Å². The van der Waals surface area contributed by atoms with E-state index in [0.29, 0.717) is 6.04 Å². The SMILES string of the molecule is CN(C)Cc1occc1CN(C)Cc1cc(CNC2CCCC2)co1. The van der Waals surface area contributed by atoms with E-state index in [0.717, 1.165) is 37.7 Å². The Bertz CT molecular complexity index is 641. The molecule has 3 rings (SSSR count). The molecule has 0 aromatic carbocycles. The van der Waals surface area contributed by atoms with Gasteiger partial charge in [-0.05, 0) is 46.1 Å². The first kappa shape index (κ1) is 18.2. The van der Waals surface area contributed by atoms with Crippen molar-refractivity contribution in [2.24, 2.45) is 0 Å². The summed E-state index contributed by atoms with van der Waals surface area (Å²) >= 11 is 0. The quantitative estimate of drug-likeness (QED) is 0.752. The summed E-state index contributed by atoms with van der Waals surface area (Å²) in [5.74, 6) is 2.06. The van der Waals surface area contributed by atoms with Gasteiger partial charge in [0.25, 0.3) is 0 Å². The summed E-state index contributed by atoms with van der Waals surface area (Å²) in [6.45, 7) is 3.40. The number of nitrogens with one attached hydrogen (secondary N) is 1. The lowest BCUT2D eigenvalue weighted by Crippen LogP contribution is -2.25. The van der Waals surface area contributed by atoms with Crippen molar-refractivity contribution >= 4 is 0 Å². The average Bonchev–Trinajstić information content (AvgIpc) is 3.28. The first-order valence-corrected chi connectivity index (χ1v) is 9.28. The molecule has 1 N–H and O–H groups in total. The topological polar surface area (TPSA) is 44.8 Å². The van der Waals surface area contributed by atoms with Crippen molar-refractivity contribution in [3.63, 3.8) is 0 Å². The minimum absolute atomic E-state index is 0.692. The molecule has 5 nitrogen and oxygen atoms in total. The third-order valence-electron chi connectivity index (χ3n) is 4.82. The molecule has 0 spiro atoms. The Morgan fingerprint density at radius 1 is 1.08 bits per heavy atom. The smallest absolute Gasteiger partial charge is 0.122 e. The Balaban J connectivity index is 1.48. The average molecular weight is 345 g/mol. The fourth-order valence-corrected chi connectivity index (χ4v) is 3.54. The second-order valence-corrected chi connectivity index (χ2v) is 7.56. The molecule has 0 radical (unpaired) electrons. The van der Waals surface area contributed by atoms with Crippen LogP contribution in [0.2, 0.25) is 0 Å². The highest BCUT2D eigenvalue weighted by Crippen LogP contribution is 2.19. The van der Waals surface area contributed by atoms with Crippen LogP contribution in [0.3, 0.4) is 0 Å². The number of furan rings is 2. The Kier molecular flexibility index (Phi) is 6.34. The van der Waals surface area contributed by atoms with Crippen LogP contribution in [-0.2, 0) is 26.2 Å². The Morgan fingerprint density at radius 3 is 2.64 bits per heavy atom. The van der Waals surface area contributed by atoms with Gasteiger partial charge in [0, 0.05) is 30.3 Å². The maximum absolute atomic E-state index is 5.75. The van der Waals surface area contributed by atoms with E-state index in [9.17, 15) is 0 Å². The highest BCUT2D eigenvalue weighted by atomic mass is 16.3. The molecule has 1 aliphatic carbocycles. The van der Waals surface area contributed by atoms with Crippen LogP contribution in [0.25, 0.3) is 0 Å². The summed E-state index contributed by atoms with van der Waals surface area (Å²) in [5, 5.41) is 3.64. The number of nitrogens with zero attached hydrogens (tertiary/aromatic N) is 2. The first-order valence-electron chi connectivity index (χ1n) is 9.28. The zero-order valence-electron chi connectivity index (χ0n) is 15.8. The first-order chi connectivity index (χ1) is 12.1. The van der Waals surface area contributed by atoms with Gasteiger partial charge in [-0.15, -0.1) is 0 Å². The van der Waals surface area contributed by atoms with Crippen LogP contribution in [0.5, 0.6) is 0 Å². The van der Waals surface area contributed by atoms with Gasteiger partial charge < -0.3 is 19.1 Å². The van der Waals surface area contributed by atoms with Crippen LogP contribution in [-0.4, -0.2) is 37.0 Å². The van der Waals surface area contributed by atoms with Gasteiger partial charge in [-0.3, -0.25) is 4.90 Å². The molecule has 1 aliphatic rings. The van der Waals surface area contributed by atoms with Crippen molar-refractivity contribution in [3.8, 4) is 0 Å². The second kappa shape index (κ2) is 8.70. The van der Waals surface area contributed by atoms with Gasteiger partial charge in [0.15, 0.2) is 0 Å². The molecular weight excluding hydrogens is 314 g/mol. The molecule has 0 atom stereocenters. The molecule has 0 unspecified atom stereocenters. The highest BCUT2D eigenvalue weighted by molar-refractivity contribution is 5.17. The molecule has 2 aromatic rings. The Labute approximate surface area is 151 Å². The predicted molar refractivity (Wildman–Crippen MR) is 99.1 cm³/mol. The third kappa shape index (κ3) is 5.46. The molecule has 1 saturated carbocycles. The summed E-state index contributed by atoms with van der Waals surface area (Å²) in [6, 6.07) is 4.93. The minimum Gasteiger partial charge on any atom is -0.468 e. The molecule has 5 heteroatoms. The van der Waals surface area contributed by atoms with Gasteiger partial charge in [0.2, 0.25) is 0 Å². The van der Waals surface area contributed by atoms with Gasteiger partial charge in [-0.2, -0.15) is 0 Å². The fourth-order valence-electron chi connectivity index (χ4n) is 3.54. The van der Waals surface area contributed by atoms with Crippen molar-refractivity contribution in [2.45, 2.75) is 57.9 Å². The summed E-state index contributed by atoms with van der Waals surface area (Å²) in [6.07, 6.45) is 9.02. The molecule has 0 bridgehead atoms. The van der Waals surface area contributed by atoms with Gasteiger partial charge >= 0.3 is 0 Å². The van der Waals surface area contributed by atoms with Crippen LogP contribution in [0.15, 0.2) is 33.5 Å². The van der Waals surface area contributed by atoms with Crippen LogP contribution < -0.4 is 5.32 Å². The van der Waals surface area contributed by atoms with Crippen molar-refractivity contribution in [3.05, 3.63) is 47.3 Å². The maximum atomic E-state index is 5.75. The standard InChI is InChI=1S/C20H31N3O2/c1-22(2)14-20-17(8-9-24-20)12-23(3)13-19-10-16(15-25-19)11-21-18-6-4-5-7-18/h8-10,15,18,21H,4-7,11-14H2,1-3H3. The van der Waals surface area contributed by atoms with Gasteiger partial charge in [-0.1, -0.05) is 12.8 Å². The van der Waals surface area contributed by atoms with Gasteiger partial charge in [-0.25, -0.2) is 0 Å². The fraction of sp³-hybridized carbons (Fsp3) is 0.600. The van der Waals surface area contributed by atoms with E-state index >= 15 is 0 Å². The minimum atomic E-state index is 0.692. The molecule has 138 valence electrons. The van der Waals surface area contributed by atoms with Crippen LogP contribution in [0, 0.1) is 0 Å². The van der Waals surface area contributed by atoms with Gasteiger partial charge in [0.1, 0.15) is 11.5 Å². The molecule has 0 aliphatic heterocycles. The summed E-state index contributed by atoms with van der Waals surface area (Å²) in [5.41, 5.74) is 2.48. The van der Waals surface area contributed by atoms with Crippen molar-refractivity contribution < 1.29 is 8.83 Å². The van der Waals surface area contributed by atoms with Crippen molar-refractivity contribution in [2.75, 3.05) is 21.1 Å². The summed E-state index contributed by atoms with van der Waals surface area (Å²) in [4.78, 5) is 4.38. The lowest BCUT2D eigenvalue weighted by Gasteiger charge is -2.16. The lowest BCUT2D eigenvalue weighted by molar-refractivity contribution is 0.280. The van der Waals surface area contributed by atoms with Crippen molar-refractivity contribution in [1.82, 2.24) is 15.1 Å². The second-order valence-electron chi connectivity index (χ2n) is 7.56. The van der Waals surface area contributed by atoms with E-state index in [1.807, 2.05) is 6.26 Å². The zero-order chi connectivity index (χ0) is 17.6. The largest absolute Gasteiger partial charge is 0.468 e. The van der Waals surface area contributed by atoms with Crippen LogP contribution >= 0.6 is 0 Å². The zero-order valence-corrected chi connectivity index (χ0v) is 15.8. The van der Waals surface area contributed by atoms with Crippen molar-refractivity contribution in [1.29, 1.82) is 0 Å². The molecule has 1 fully saturated rings. The van der Waals surface area contributed by atoms with Crippen LogP contribution in [0.1, 0.15) is 48.3 Å². The van der Waals surface area contributed by atoms with E-state index in [-0.39, 0.29) is 0 Å². The normalized spacial score (nSPS) is 15.7. The Morgan fingerprint density at radius 2 is 1.88 bits per heavy atom. The summed E-state index contributed by atoms with van der Waals surface area (Å²) in [7, 11) is 6.23. The number of rotatable bonds is 9. The van der Waals surface area contributed by atoms with E-state index in [2.05, 4.69) is 48.4 Å². The third-order valence-corrected chi connectivity index (χ3v) is 4.82. The molecular formula is C20H31N3O2. The molecule has 25 heavy (non-hydrogen) atoms. The van der Waals surface area contributed by atoms with E-state index in [1.54, 1.807) is 6.26 Å². The Hall–Kier alpha value is -1.56. The summed E-state index contributed by atoms with van der Waals surface area (Å²) < 4.78 is 11.4. The number of hydrogen-bond acceptors (Lipinski definition) is 5. The molecule has 2 aromatic heterocycles. The molecule has 2 heterocycles. The predicted octanol–water partition coefficient (Wildman–Crippen LogP) is 3.60. The van der Waals surface area contributed by atoms with Crippen LogP contribution in [0.4, 0.5) is 0 Å². The molecule has 0 saturated heterocycles. The molecule has 0 amide bonds. The van der Waals surface area contributed by atoms with E-state index in [4.69, 9.17) is 8.83 Å². The highest BCUT2D eigenvalue weighted by Gasteiger charge is 2.15. The lowest BCUT2D eigenvalue weighted by atomic mass is 10.2. The maximum Gasteiger partial charge on any atom is 0.122 e. The van der Waals surface area contributed by atoms with E-state index < -0.39 is 0 Å². The van der Waals surface area contributed by atoms with E-state index in [1.165, 1.54) is 36.8 Å². The monoisotopic (exact) mass is 345 g/mol. The number of hydrogen-bond donors (Lipinski definition) is 1.